The summed E-state index contributed by atoms with van der Waals surface area (Å²) in [5, 5.41) is 2.87. The third-order valence-electron chi connectivity index (χ3n) is 1.51. The van der Waals surface area contributed by atoms with Crippen molar-refractivity contribution in [3.63, 3.8) is 0 Å². The molecule has 72 valence electrons. The van der Waals surface area contributed by atoms with Crippen molar-refractivity contribution in [3.05, 3.63) is 29.8 Å². The Morgan fingerprint density at radius 3 is 2.69 bits per heavy atom. The van der Waals surface area contributed by atoms with Crippen LogP contribution in [-0.2, 0) is 0 Å². The standard InChI is InChI=1S/C9H11F2NO/c1-12-4-5-13-7-2-3-8(10)9(11)6-7/h2-3,6,12H,4-5H2,1H3. The minimum absolute atomic E-state index is 0.342. The first-order valence-corrected chi connectivity index (χ1v) is 3.96. The maximum Gasteiger partial charge on any atom is 0.162 e. The summed E-state index contributed by atoms with van der Waals surface area (Å²) in [6.45, 7) is 1.10. The van der Waals surface area contributed by atoms with Crippen molar-refractivity contribution in [3.8, 4) is 5.75 Å². The van der Waals surface area contributed by atoms with Gasteiger partial charge < -0.3 is 10.1 Å². The molecule has 0 aliphatic rings. The second kappa shape index (κ2) is 4.77. The zero-order chi connectivity index (χ0) is 9.68. The summed E-state index contributed by atoms with van der Waals surface area (Å²) in [4.78, 5) is 0. The molecule has 4 heteroatoms. The normalized spacial score (nSPS) is 10.1. The van der Waals surface area contributed by atoms with E-state index in [0.29, 0.717) is 18.9 Å². The van der Waals surface area contributed by atoms with Gasteiger partial charge in [-0.25, -0.2) is 8.78 Å². The van der Waals surface area contributed by atoms with Crippen LogP contribution in [0, 0.1) is 11.6 Å². The molecule has 0 amide bonds. The number of rotatable bonds is 4. The van der Waals surface area contributed by atoms with Gasteiger partial charge in [0.05, 0.1) is 0 Å². The van der Waals surface area contributed by atoms with Gasteiger partial charge in [-0.2, -0.15) is 0 Å². The van der Waals surface area contributed by atoms with Crippen LogP contribution in [0.1, 0.15) is 0 Å². The molecule has 0 bridgehead atoms. The fourth-order valence-electron chi connectivity index (χ4n) is 0.838. The molecular formula is C9H11F2NO. The van der Waals surface area contributed by atoms with Crippen LogP contribution in [0.5, 0.6) is 5.75 Å². The summed E-state index contributed by atoms with van der Waals surface area (Å²) in [5.74, 6) is -1.41. The van der Waals surface area contributed by atoms with Crippen LogP contribution in [0.3, 0.4) is 0 Å². The molecule has 0 saturated heterocycles. The smallest absolute Gasteiger partial charge is 0.162 e. The van der Waals surface area contributed by atoms with Crippen molar-refractivity contribution in [1.29, 1.82) is 0 Å². The fourth-order valence-corrected chi connectivity index (χ4v) is 0.838. The van der Waals surface area contributed by atoms with Crippen LogP contribution in [0.2, 0.25) is 0 Å². The number of halogens is 2. The van der Waals surface area contributed by atoms with E-state index in [1.54, 1.807) is 7.05 Å². The monoisotopic (exact) mass is 187 g/mol. The maximum atomic E-state index is 12.6. The summed E-state index contributed by atoms with van der Waals surface area (Å²) >= 11 is 0. The first kappa shape index (κ1) is 9.92. The highest BCUT2D eigenvalue weighted by Crippen LogP contribution is 2.14. The van der Waals surface area contributed by atoms with Gasteiger partial charge in [0.1, 0.15) is 12.4 Å². The SMILES string of the molecule is CNCCOc1ccc(F)c(F)c1. The Bertz CT molecular complexity index is 278. The lowest BCUT2D eigenvalue weighted by atomic mass is 10.3. The molecular weight excluding hydrogens is 176 g/mol. The minimum atomic E-state index is -0.887. The van der Waals surface area contributed by atoms with E-state index in [-0.39, 0.29) is 0 Å². The molecule has 1 rings (SSSR count). The van der Waals surface area contributed by atoms with Crippen molar-refractivity contribution in [2.75, 3.05) is 20.2 Å². The van der Waals surface area contributed by atoms with E-state index < -0.39 is 11.6 Å². The summed E-state index contributed by atoms with van der Waals surface area (Å²) in [5.41, 5.74) is 0. The van der Waals surface area contributed by atoms with Crippen LogP contribution < -0.4 is 10.1 Å². The van der Waals surface area contributed by atoms with E-state index in [0.717, 1.165) is 12.1 Å². The van der Waals surface area contributed by atoms with E-state index in [1.165, 1.54) is 6.07 Å². The van der Waals surface area contributed by atoms with E-state index in [9.17, 15) is 8.78 Å². The molecule has 13 heavy (non-hydrogen) atoms. The Kier molecular flexibility index (Phi) is 3.64. The topological polar surface area (TPSA) is 21.3 Å². The molecule has 0 aromatic heterocycles. The van der Waals surface area contributed by atoms with Crippen LogP contribution in [-0.4, -0.2) is 20.2 Å². The summed E-state index contributed by atoms with van der Waals surface area (Å²) < 4.78 is 30.2. The summed E-state index contributed by atoms with van der Waals surface area (Å²) in [6, 6.07) is 3.48. The van der Waals surface area contributed by atoms with Crippen molar-refractivity contribution in [2.45, 2.75) is 0 Å². The largest absolute Gasteiger partial charge is 0.492 e. The Morgan fingerprint density at radius 2 is 2.08 bits per heavy atom. The first-order chi connectivity index (χ1) is 6.24. The van der Waals surface area contributed by atoms with E-state index in [2.05, 4.69) is 5.32 Å². The predicted octanol–water partition coefficient (Wildman–Crippen LogP) is 1.56. The zero-order valence-electron chi connectivity index (χ0n) is 7.31. The number of hydrogen-bond acceptors (Lipinski definition) is 2. The van der Waals surface area contributed by atoms with Crippen LogP contribution in [0.15, 0.2) is 18.2 Å². The van der Waals surface area contributed by atoms with Gasteiger partial charge in [0.15, 0.2) is 11.6 Å². The molecule has 0 radical (unpaired) electrons. The molecule has 0 atom stereocenters. The lowest BCUT2D eigenvalue weighted by Crippen LogP contribution is -2.15. The Hall–Kier alpha value is -1.16. The van der Waals surface area contributed by atoms with E-state index in [4.69, 9.17) is 4.74 Å². The molecule has 1 N–H and O–H groups in total. The van der Waals surface area contributed by atoms with E-state index >= 15 is 0 Å². The lowest BCUT2D eigenvalue weighted by molar-refractivity contribution is 0.315. The molecule has 0 aliphatic heterocycles. The lowest BCUT2D eigenvalue weighted by Gasteiger charge is -2.05. The Labute approximate surface area is 75.5 Å². The number of hydrogen-bond donors (Lipinski definition) is 1. The fraction of sp³-hybridized carbons (Fsp3) is 0.333. The van der Waals surface area contributed by atoms with Gasteiger partial charge in [-0.05, 0) is 19.2 Å². The molecule has 2 nitrogen and oxygen atoms in total. The van der Waals surface area contributed by atoms with Gasteiger partial charge in [-0.15, -0.1) is 0 Å². The molecule has 0 unspecified atom stereocenters. The van der Waals surface area contributed by atoms with Gasteiger partial charge in [0.25, 0.3) is 0 Å². The van der Waals surface area contributed by atoms with Crippen LogP contribution in [0.4, 0.5) is 8.78 Å². The highest BCUT2D eigenvalue weighted by molar-refractivity contribution is 5.23. The maximum absolute atomic E-state index is 12.6. The zero-order valence-corrected chi connectivity index (χ0v) is 7.31. The Balaban J connectivity index is 2.53. The number of benzene rings is 1. The quantitative estimate of drug-likeness (QED) is 0.722. The third kappa shape index (κ3) is 2.99. The average Bonchev–Trinajstić information content (AvgIpc) is 2.12. The van der Waals surface area contributed by atoms with Gasteiger partial charge in [0.2, 0.25) is 0 Å². The first-order valence-electron chi connectivity index (χ1n) is 3.96. The van der Waals surface area contributed by atoms with Crippen LogP contribution in [0.25, 0.3) is 0 Å². The average molecular weight is 187 g/mol. The molecule has 0 saturated carbocycles. The summed E-state index contributed by atoms with van der Waals surface area (Å²) in [6.07, 6.45) is 0. The third-order valence-corrected chi connectivity index (χ3v) is 1.51. The predicted molar refractivity (Wildman–Crippen MR) is 45.8 cm³/mol. The number of likely N-dealkylation sites (N-methyl/N-ethyl adjacent to an activating group) is 1. The second-order valence-corrected chi connectivity index (χ2v) is 2.53. The molecule has 0 fully saturated rings. The van der Waals surface area contributed by atoms with E-state index in [1.807, 2.05) is 0 Å². The molecule has 1 aromatic rings. The molecule has 0 heterocycles. The minimum Gasteiger partial charge on any atom is -0.492 e. The van der Waals surface area contributed by atoms with Gasteiger partial charge in [0, 0.05) is 12.6 Å². The highest BCUT2D eigenvalue weighted by atomic mass is 19.2. The van der Waals surface area contributed by atoms with Gasteiger partial charge in [-0.3, -0.25) is 0 Å². The van der Waals surface area contributed by atoms with Gasteiger partial charge in [-0.1, -0.05) is 0 Å². The number of ether oxygens (including phenoxy) is 1. The molecule has 0 spiro atoms. The van der Waals surface area contributed by atoms with Crippen LogP contribution >= 0.6 is 0 Å². The Morgan fingerprint density at radius 1 is 1.31 bits per heavy atom. The second-order valence-electron chi connectivity index (χ2n) is 2.53. The highest BCUT2D eigenvalue weighted by Gasteiger charge is 2.02. The molecule has 0 aliphatic carbocycles. The van der Waals surface area contributed by atoms with Crippen molar-refractivity contribution in [2.24, 2.45) is 0 Å². The van der Waals surface area contributed by atoms with Crippen molar-refractivity contribution < 1.29 is 13.5 Å². The van der Waals surface area contributed by atoms with Crippen molar-refractivity contribution >= 4 is 0 Å². The molecule has 1 aromatic carbocycles. The number of nitrogens with one attached hydrogen (secondary N) is 1. The van der Waals surface area contributed by atoms with Crippen molar-refractivity contribution in [1.82, 2.24) is 5.32 Å². The van der Waals surface area contributed by atoms with Gasteiger partial charge >= 0.3 is 0 Å². The summed E-state index contributed by atoms with van der Waals surface area (Å²) in [7, 11) is 1.79.